The number of aldehydes is 1. The first-order valence-corrected chi connectivity index (χ1v) is 9.92. The number of hydrogen-bond donors (Lipinski definition) is 0. The van der Waals surface area contributed by atoms with Gasteiger partial charge in [-0.2, -0.15) is 0 Å². The Balaban J connectivity index is 2.04. The van der Waals surface area contributed by atoms with Gasteiger partial charge in [-0.05, 0) is 63.3 Å². The summed E-state index contributed by atoms with van der Waals surface area (Å²) in [6.45, 7) is 7.81. The highest BCUT2D eigenvalue weighted by Crippen LogP contribution is 2.40. The molecule has 1 saturated carbocycles. The monoisotopic (exact) mass is 345 g/mol. The van der Waals surface area contributed by atoms with Gasteiger partial charge in [-0.3, -0.25) is 4.90 Å². The van der Waals surface area contributed by atoms with Crippen LogP contribution in [0.2, 0.25) is 0 Å². The Labute approximate surface area is 153 Å². The van der Waals surface area contributed by atoms with Crippen molar-refractivity contribution < 1.29 is 9.53 Å². The maximum atomic E-state index is 11.8. The summed E-state index contributed by atoms with van der Waals surface area (Å²) in [4.78, 5) is 14.4. The lowest BCUT2D eigenvalue weighted by atomic mass is 9.70. The van der Waals surface area contributed by atoms with Gasteiger partial charge < -0.3 is 9.53 Å². The Hall–Kier alpha value is -1.35. The Kier molecular flexibility index (Phi) is 7.49. The van der Waals surface area contributed by atoms with Crippen LogP contribution in [-0.2, 0) is 11.2 Å². The maximum absolute atomic E-state index is 11.8. The summed E-state index contributed by atoms with van der Waals surface area (Å²) in [6, 6.07) is 9.42. The summed E-state index contributed by atoms with van der Waals surface area (Å²) in [6.07, 6.45) is 8.95. The van der Waals surface area contributed by atoms with Crippen LogP contribution in [-0.4, -0.2) is 36.9 Å². The molecule has 0 heterocycles. The zero-order valence-electron chi connectivity index (χ0n) is 16.5. The lowest BCUT2D eigenvalue weighted by Gasteiger charge is -2.44. The third-order valence-corrected chi connectivity index (χ3v) is 5.94. The van der Waals surface area contributed by atoms with Crippen molar-refractivity contribution in [2.45, 2.75) is 77.8 Å². The highest BCUT2D eigenvalue weighted by Gasteiger charge is 2.38. The van der Waals surface area contributed by atoms with Crippen LogP contribution in [0.15, 0.2) is 24.3 Å². The molecule has 1 fully saturated rings. The van der Waals surface area contributed by atoms with Gasteiger partial charge in [-0.25, -0.2) is 0 Å². The molecular weight excluding hydrogens is 310 g/mol. The van der Waals surface area contributed by atoms with E-state index in [9.17, 15) is 4.79 Å². The average Bonchev–Trinajstić information content (AvgIpc) is 2.63. The van der Waals surface area contributed by atoms with Gasteiger partial charge in [0.25, 0.3) is 0 Å². The molecule has 140 valence electrons. The Morgan fingerprint density at radius 2 is 2.04 bits per heavy atom. The molecule has 0 amide bonds. The molecule has 0 aliphatic heterocycles. The molecule has 0 N–H and O–H groups in total. The number of nitrogens with zero attached hydrogens (tertiary/aromatic N) is 1. The number of carbonyl (C=O) groups excluding carboxylic acids is 1. The van der Waals surface area contributed by atoms with E-state index in [2.05, 4.69) is 37.8 Å². The second-order valence-electron chi connectivity index (χ2n) is 7.71. The summed E-state index contributed by atoms with van der Waals surface area (Å²) in [7, 11) is 1.70. The number of methoxy groups -OCH3 is 1. The van der Waals surface area contributed by atoms with Crippen molar-refractivity contribution in [3.63, 3.8) is 0 Å². The highest BCUT2D eigenvalue weighted by atomic mass is 16.5. The number of hydrogen-bond acceptors (Lipinski definition) is 3. The maximum Gasteiger partial charge on any atom is 0.126 e. The Morgan fingerprint density at radius 3 is 2.60 bits per heavy atom. The van der Waals surface area contributed by atoms with Crippen LogP contribution in [0.1, 0.15) is 64.9 Å². The van der Waals surface area contributed by atoms with Crippen molar-refractivity contribution in [3.05, 3.63) is 29.8 Å². The van der Waals surface area contributed by atoms with Gasteiger partial charge >= 0.3 is 0 Å². The number of ether oxygens (including phenoxy) is 1. The third kappa shape index (κ3) is 5.07. The van der Waals surface area contributed by atoms with Crippen molar-refractivity contribution >= 4 is 6.29 Å². The highest BCUT2D eigenvalue weighted by molar-refractivity contribution is 5.59. The predicted molar refractivity (Wildman–Crippen MR) is 104 cm³/mol. The van der Waals surface area contributed by atoms with E-state index in [0.717, 1.165) is 44.4 Å². The van der Waals surface area contributed by atoms with Gasteiger partial charge in [0.2, 0.25) is 0 Å². The molecule has 25 heavy (non-hydrogen) atoms. The zero-order valence-corrected chi connectivity index (χ0v) is 16.5. The summed E-state index contributed by atoms with van der Waals surface area (Å²) < 4.78 is 5.25. The Morgan fingerprint density at radius 1 is 1.32 bits per heavy atom. The van der Waals surface area contributed by atoms with Crippen molar-refractivity contribution in [1.29, 1.82) is 0 Å². The van der Waals surface area contributed by atoms with Crippen molar-refractivity contribution in [2.24, 2.45) is 5.41 Å². The first kappa shape index (κ1) is 20.0. The van der Waals surface area contributed by atoms with Crippen LogP contribution in [0.3, 0.4) is 0 Å². The number of benzene rings is 1. The van der Waals surface area contributed by atoms with E-state index in [1.165, 1.54) is 24.7 Å². The second kappa shape index (κ2) is 9.38. The number of carbonyl (C=O) groups is 1. The van der Waals surface area contributed by atoms with Crippen LogP contribution in [0.25, 0.3) is 0 Å². The van der Waals surface area contributed by atoms with E-state index in [0.29, 0.717) is 12.1 Å². The summed E-state index contributed by atoms with van der Waals surface area (Å²) >= 11 is 0. The van der Waals surface area contributed by atoms with E-state index in [4.69, 9.17) is 4.74 Å². The molecule has 3 heteroatoms. The molecule has 1 aliphatic rings. The average molecular weight is 346 g/mol. The lowest BCUT2D eigenvalue weighted by Crippen LogP contribution is -2.47. The van der Waals surface area contributed by atoms with Gasteiger partial charge in [0.1, 0.15) is 12.0 Å². The minimum atomic E-state index is -0.0785. The van der Waals surface area contributed by atoms with Gasteiger partial charge in [0.15, 0.2) is 0 Å². The topological polar surface area (TPSA) is 29.5 Å². The fraction of sp³-hybridized carbons (Fsp3) is 0.682. The normalized spacial score (nSPS) is 24.9. The third-order valence-electron chi connectivity index (χ3n) is 5.94. The molecule has 1 aliphatic carbocycles. The molecule has 3 nitrogen and oxygen atoms in total. The summed E-state index contributed by atoms with van der Waals surface area (Å²) in [5.74, 6) is 0.909. The smallest absolute Gasteiger partial charge is 0.126 e. The molecule has 0 bridgehead atoms. The first-order valence-electron chi connectivity index (χ1n) is 9.92. The van der Waals surface area contributed by atoms with E-state index >= 15 is 0 Å². The molecule has 1 aromatic carbocycles. The quantitative estimate of drug-likeness (QED) is 0.598. The van der Waals surface area contributed by atoms with Crippen LogP contribution in [0.5, 0.6) is 5.75 Å². The SMILES string of the molecule is CCCC1(C=O)CCCC(N(CC)C(C)Cc2ccc(OC)cc2)C1. The van der Waals surface area contributed by atoms with Crippen LogP contribution in [0, 0.1) is 5.41 Å². The fourth-order valence-electron chi connectivity index (χ4n) is 4.69. The van der Waals surface area contributed by atoms with Gasteiger partial charge in [-0.15, -0.1) is 0 Å². The lowest BCUT2D eigenvalue weighted by molar-refractivity contribution is -0.120. The predicted octanol–water partition coefficient (Wildman–Crippen LogP) is 4.88. The Bertz CT molecular complexity index is 523. The molecule has 3 unspecified atom stereocenters. The molecule has 0 radical (unpaired) electrons. The minimum Gasteiger partial charge on any atom is -0.497 e. The van der Waals surface area contributed by atoms with Crippen molar-refractivity contribution in [2.75, 3.05) is 13.7 Å². The molecule has 2 rings (SSSR count). The molecule has 3 atom stereocenters. The molecule has 0 spiro atoms. The van der Waals surface area contributed by atoms with Crippen molar-refractivity contribution in [3.8, 4) is 5.75 Å². The van der Waals surface area contributed by atoms with E-state index in [1.54, 1.807) is 7.11 Å². The second-order valence-corrected chi connectivity index (χ2v) is 7.71. The zero-order chi connectivity index (χ0) is 18.3. The number of rotatable bonds is 9. The molecule has 0 saturated heterocycles. The van der Waals surface area contributed by atoms with E-state index in [1.807, 2.05) is 12.1 Å². The molecule has 0 aromatic heterocycles. The van der Waals surface area contributed by atoms with Crippen molar-refractivity contribution in [1.82, 2.24) is 4.90 Å². The van der Waals surface area contributed by atoms with Gasteiger partial charge in [0, 0.05) is 17.5 Å². The molecular formula is C22H35NO2. The number of likely N-dealkylation sites (N-methyl/N-ethyl adjacent to an activating group) is 1. The molecule has 1 aromatic rings. The summed E-state index contributed by atoms with van der Waals surface area (Å²) in [5, 5.41) is 0. The van der Waals surface area contributed by atoms with Crippen LogP contribution >= 0.6 is 0 Å². The van der Waals surface area contributed by atoms with Gasteiger partial charge in [-0.1, -0.05) is 38.8 Å². The summed E-state index contributed by atoms with van der Waals surface area (Å²) in [5.41, 5.74) is 1.27. The first-order chi connectivity index (χ1) is 12.1. The van der Waals surface area contributed by atoms with Crippen LogP contribution in [0.4, 0.5) is 0 Å². The fourth-order valence-corrected chi connectivity index (χ4v) is 4.69. The van der Waals surface area contributed by atoms with E-state index in [-0.39, 0.29) is 5.41 Å². The minimum absolute atomic E-state index is 0.0785. The standard InChI is InChI=1S/C22H35NO2/c1-5-13-22(17-24)14-7-8-20(16-22)23(6-2)18(3)15-19-9-11-21(25-4)12-10-19/h9-12,17-18,20H,5-8,13-16H2,1-4H3. The van der Waals surface area contributed by atoms with Gasteiger partial charge in [0.05, 0.1) is 7.11 Å². The van der Waals surface area contributed by atoms with Crippen LogP contribution < -0.4 is 4.74 Å². The van der Waals surface area contributed by atoms with E-state index < -0.39 is 0 Å². The largest absolute Gasteiger partial charge is 0.497 e.